The molecule has 1 rings (SSSR count). The minimum atomic E-state index is -1.12. The van der Waals surface area contributed by atoms with Gasteiger partial charge in [0.05, 0.1) is 11.3 Å². The van der Waals surface area contributed by atoms with Crippen LogP contribution in [0.4, 0.5) is 5.69 Å². The fraction of sp³-hybridized carbons (Fsp3) is 0.167. The fourth-order valence-electron chi connectivity index (χ4n) is 1.24. The van der Waals surface area contributed by atoms with Gasteiger partial charge in [-0.05, 0) is 25.1 Å². The number of phenolic OH excluding ortho intramolecular Hbond substituents is 1. The highest BCUT2D eigenvalue weighted by molar-refractivity contribution is 5.96. The van der Waals surface area contributed by atoms with Gasteiger partial charge in [0.15, 0.2) is 0 Å². The van der Waals surface area contributed by atoms with Crippen molar-refractivity contribution >= 4 is 17.6 Å². The number of anilines is 1. The Labute approximate surface area is 98.4 Å². The molecule has 1 aromatic carbocycles. The number of benzene rings is 1. The third-order valence-corrected chi connectivity index (χ3v) is 1.98. The van der Waals surface area contributed by atoms with Crippen molar-refractivity contribution in [2.45, 2.75) is 13.3 Å². The smallest absolute Gasteiger partial charge is 0.335 e. The first-order valence-electron chi connectivity index (χ1n) is 4.90. The Morgan fingerprint density at radius 2 is 2.06 bits per heavy atom. The van der Waals surface area contributed by atoms with E-state index in [4.69, 9.17) is 5.11 Å². The van der Waals surface area contributed by atoms with Crippen LogP contribution in [0.15, 0.2) is 30.4 Å². The molecule has 0 saturated carbocycles. The minimum Gasteiger partial charge on any atom is -0.506 e. The van der Waals surface area contributed by atoms with E-state index < -0.39 is 5.97 Å². The topological polar surface area (TPSA) is 86.6 Å². The Kier molecular flexibility index (Phi) is 3.87. The molecule has 1 aromatic rings. The summed E-state index contributed by atoms with van der Waals surface area (Å²) in [6.45, 7) is 5.29. The lowest BCUT2D eigenvalue weighted by Crippen LogP contribution is -2.12. The highest BCUT2D eigenvalue weighted by Gasteiger charge is 2.10. The summed E-state index contributed by atoms with van der Waals surface area (Å²) in [6.07, 6.45) is 0.122. The molecule has 0 aliphatic heterocycles. The van der Waals surface area contributed by atoms with Gasteiger partial charge in [0, 0.05) is 6.42 Å². The lowest BCUT2D eigenvalue weighted by atomic mass is 10.1. The Bertz CT molecular complexity index is 479. The summed E-state index contributed by atoms with van der Waals surface area (Å²) in [6, 6.07) is 3.68. The molecule has 5 heteroatoms. The van der Waals surface area contributed by atoms with E-state index in [-0.39, 0.29) is 29.3 Å². The van der Waals surface area contributed by atoms with E-state index in [2.05, 4.69) is 11.9 Å². The molecule has 0 saturated heterocycles. The predicted molar refractivity (Wildman–Crippen MR) is 63.1 cm³/mol. The zero-order valence-corrected chi connectivity index (χ0v) is 9.36. The second kappa shape index (κ2) is 5.16. The average molecular weight is 235 g/mol. The number of carbonyl (C=O) groups is 2. The summed E-state index contributed by atoms with van der Waals surface area (Å²) in [5.74, 6) is -1.65. The second-order valence-electron chi connectivity index (χ2n) is 3.72. The van der Waals surface area contributed by atoms with Crippen LogP contribution in [0.25, 0.3) is 0 Å². The molecule has 0 fully saturated rings. The standard InChI is InChI=1S/C12H13NO4/c1-7(2)5-11(15)13-9-6-8(12(16)17)3-4-10(9)14/h3-4,6,14H,1,5H2,2H3,(H,13,15)(H,16,17). The average Bonchev–Trinajstić information content (AvgIpc) is 2.19. The molecule has 0 unspecified atom stereocenters. The van der Waals surface area contributed by atoms with E-state index in [9.17, 15) is 14.7 Å². The normalized spacial score (nSPS) is 9.71. The van der Waals surface area contributed by atoms with Crippen LogP contribution in [0, 0.1) is 0 Å². The molecule has 90 valence electrons. The van der Waals surface area contributed by atoms with Crippen molar-refractivity contribution in [3.63, 3.8) is 0 Å². The van der Waals surface area contributed by atoms with E-state index in [1.54, 1.807) is 6.92 Å². The Balaban J connectivity index is 2.90. The number of carbonyl (C=O) groups excluding carboxylic acids is 1. The Morgan fingerprint density at radius 1 is 1.41 bits per heavy atom. The molecule has 5 nitrogen and oxygen atoms in total. The first kappa shape index (κ1) is 12.8. The van der Waals surface area contributed by atoms with Crippen LogP contribution in [-0.2, 0) is 4.79 Å². The summed E-state index contributed by atoms with van der Waals surface area (Å²) in [5, 5.41) is 20.7. The molecular weight excluding hydrogens is 222 g/mol. The van der Waals surface area contributed by atoms with Gasteiger partial charge in [-0.2, -0.15) is 0 Å². The van der Waals surface area contributed by atoms with Crippen LogP contribution >= 0.6 is 0 Å². The summed E-state index contributed by atoms with van der Waals surface area (Å²) >= 11 is 0. The third kappa shape index (κ3) is 3.64. The third-order valence-electron chi connectivity index (χ3n) is 1.98. The maximum absolute atomic E-state index is 11.4. The van der Waals surface area contributed by atoms with Crippen LogP contribution in [0.3, 0.4) is 0 Å². The van der Waals surface area contributed by atoms with E-state index in [0.29, 0.717) is 5.57 Å². The number of phenols is 1. The maximum Gasteiger partial charge on any atom is 0.335 e. The highest BCUT2D eigenvalue weighted by Crippen LogP contribution is 2.24. The number of carboxylic acids is 1. The van der Waals surface area contributed by atoms with E-state index in [1.165, 1.54) is 18.2 Å². The summed E-state index contributed by atoms with van der Waals surface area (Å²) in [4.78, 5) is 22.1. The van der Waals surface area contributed by atoms with Crippen LogP contribution in [0.2, 0.25) is 0 Å². The number of nitrogens with one attached hydrogen (secondary N) is 1. The van der Waals surface area contributed by atoms with Gasteiger partial charge >= 0.3 is 5.97 Å². The molecule has 0 spiro atoms. The molecule has 0 heterocycles. The van der Waals surface area contributed by atoms with Crippen LogP contribution in [-0.4, -0.2) is 22.1 Å². The van der Waals surface area contributed by atoms with Gasteiger partial charge < -0.3 is 15.5 Å². The van der Waals surface area contributed by atoms with Crippen LogP contribution in [0.5, 0.6) is 5.75 Å². The number of aromatic hydroxyl groups is 1. The molecule has 0 aliphatic rings. The molecule has 0 aromatic heterocycles. The number of aromatic carboxylic acids is 1. The van der Waals surface area contributed by atoms with Gasteiger partial charge in [-0.15, -0.1) is 0 Å². The number of hydrogen-bond acceptors (Lipinski definition) is 3. The zero-order chi connectivity index (χ0) is 13.0. The summed E-state index contributed by atoms with van der Waals surface area (Å²) in [5.41, 5.74) is 0.751. The van der Waals surface area contributed by atoms with Crippen molar-refractivity contribution in [2.24, 2.45) is 0 Å². The number of rotatable bonds is 4. The molecule has 0 bridgehead atoms. The quantitative estimate of drug-likeness (QED) is 0.550. The summed E-state index contributed by atoms with van der Waals surface area (Å²) in [7, 11) is 0. The number of amides is 1. The number of hydrogen-bond donors (Lipinski definition) is 3. The fourth-order valence-corrected chi connectivity index (χ4v) is 1.24. The second-order valence-corrected chi connectivity index (χ2v) is 3.72. The lowest BCUT2D eigenvalue weighted by molar-refractivity contribution is -0.115. The first-order valence-corrected chi connectivity index (χ1v) is 4.90. The van der Waals surface area contributed by atoms with Crippen molar-refractivity contribution in [1.82, 2.24) is 0 Å². The summed E-state index contributed by atoms with van der Waals surface area (Å²) < 4.78 is 0. The molecule has 0 atom stereocenters. The first-order chi connectivity index (χ1) is 7.90. The van der Waals surface area contributed by atoms with Gasteiger partial charge in [0.1, 0.15) is 5.75 Å². The van der Waals surface area contributed by atoms with Gasteiger partial charge in [-0.1, -0.05) is 12.2 Å². The van der Waals surface area contributed by atoms with Crippen molar-refractivity contribution in [3.05, 3.63) is 35.9 Å². The van der Waals surface area contributed by atoms with Gasteiger partial charge in [0.25, 0.3) is 0 Å². The Hall–Kier alpha value is -2.30. The van der Waals surface area contributed by atoms with E-state index in [0.717, 1.165) is 0 Å². The number of carboxylic acid groups (broad SMARTS) is 1. The maximum atomic E-state index is 11.4. The van der Waals surface area contributed by atoms with Crippen molar-refractivity contribution < 1.29 is 19.8 Å². The molecule has 0 radical (unpaired) electrons. The van der Waals surface area contributed by atoms with Crippen LogP contribution < -0.4 is 5.32 Å². The minimum absolute atomic E-state index is 0.00609. The molecule has 0 aliphatic carbocycles. The Morgan fingerprint density at radius 3 is 2.59 bits per heavy atom. The highest BCUT2D eigenvalue weighted by atomic mass is 16.4. The predicted octanol–water partition coefficient (Wildman–Crippen LogP) is 2.00. The molecular formula is C12H13NO4. The monoisotopic (exact) mass is 235 g/mol. The molecule has 17 heavy (non-hydrogen) atoms. The largest absolute Gasteiger partial charge is 0.506 e. The molecule has 1 amide bonds. The van der Waals surface area contributed by atoms with E-state index in [1.807, 2.05) is 0 Å². The van der Waals surface area contributed by atoms with Crippen LogP contribution in [0.1, 0.15) is 23.7 Å². The lowest BCUT2D eigenvalue weighted by Gasteiger charge is -2.08. The van der Waals surface area contributed by atoms with Gasteiger partial charge in [-0.25, -0.2) is 4.79 Å². The van der Waals surface area contributed by atoms with Crippen molar-refractivity contribution in [1.29, 1.82) is 0 Å². The van der Waals surface area contributed by atoms with Gasteiger partial charge in [-0.3, -0.25) is 4.79 Å². The van der Waals surface area contributed by atoms with E-state index >= 15 is 0 Å². The van der Waals surface area contributed by atoms with Gasteiger partial charge in [0.2, 0.25) is 5.91 Å². The SMILES string of the molecule is C=C(C)CC(=O)Nc1cc(C(=O)O)ccc1O. The zero-order valence-electron chi connectivity index (χ0n) is 9.36. The van der Waals surface area contributed by atoms with Crippen molar-refractivity contribution in [3.8, 4) is 5.75 Å². The van der Waals surface area contributed by atoms with Crippen molar-refractivity contribution in [2.75, 3.05) is 5.32 Å². The molecule has 3 N–H and O–H groups in total.